The Labute approximate surface area is 199 Å². The minimum absolute atomic E-state index is 0.211. The first-order valence-electron chi connectivity index (χ1n) is 11.0. The number of benzene rings is 1. The van der Waals surface area contributed by atoms with E-state index in [2.05, 4.69) is 39.2 Å². The number of piperazine rings is 1. The highest BCUT2D eigenvalue weighted by Crippen LogP contribution is 2.35. The number of methoxy groups -OCH3 is 1. The number of aromatic nitrogens is 3. The van der Waals surface area contributed by atoms with Crippen molar-refractivity contribution in [2.45, 2.75) is 32.9 Å². The number of carbonyl (C=O) groups excluding carboxylic acids is 1. The van der Waals surface area contributed by atoms with Gasteiger partial charge in [0.25, 0.3) is 0 Å². The average Bonchev–Trinajstić information content (AvgIpc) is 3.13. The summed E-state index contributed by atoms with van der Waals surface area (Å²) in [7, 11) is 3.66. The van der Waals surface area contributed by atoms with Gasteiger partial charge < -0.3 is 14.4 Å². The van der Waals surface area contributed by atoms with Crippen molar-refractivity contribution < 1.29 is 14.3 Å². The molecule has 0 radical (unpaired) electrons. The van der Waals surface area contributed by atoms with Crippen LogP contribution < -0.4 is 4.74 Å². The molecule has 8 nitrogen and oxygen atoms in total. The van der Waals surface area contributed by atoms with Crippen LogP contribution in [0, 0.1) is 0 Å². The third-order valence-corrected chi connectivity index (χ3v) is 5.83. The van der Waals surface area contributed by atoms with Gasteiger partial charge in [-0.1, -0.05) is 23.7 Å². The predicted molar refractivity (Wildman–Crippen MR) is 129 cm³/mol. The van der Waals surface area contributed by atoms with Crippen molar-refractivity contribution in [1.82, 2.24) is 24.6 Å². The van der Waals surface area contributed by atoms with Gasteiger partial charge in [-0.15, -0.1) is 10.2 Å². The minimum Gasteiger partial charge on any atom is -0.479 e. The smallest absolute Gasteiger partial charge is 0.419 e. The molecular weight excluding hydrogens is 442 g/mol. The number of hydrogen-bond acceptors (Lipinski definition) is 7. The first kappa shape index (κ1) is 23.5. The van der Waals surface area contributed by atoms with Gasteiger partial charge in [-0.25, -0.2) is 9.36 Å². The number of carbonyl (C=O) groups is 1. The van der Waals surface area contributed by atoms with Gasteiger partial charge in [0, 0.05) is 38.1 Å². The molecule has 33 heavy (non-hydrogen) atoms. The fraction of sp³-hybridized carbons (Fsp3) is 0.458. The first-order chi connectivity index (χ1) is 15.6. The molecule has 1 saturated heterocycles. The van der Waals surface area contributed by atoms with E-state index in [1.165, 1.54) is 7.11 Å². The van der Waals surface area contributed by atoms with Crippen LogP contribution in [0.5, 0.6) is 5.88 Å². The number of nitrogens with zero attached hydrogens (tertiary/aromatic N) is 5. The summed E-state index contributed by atoms with van der Waals surface area (Å²) in [6.07, 6.45) is -0.473. The molecule has 3 heterocycles. The van der Waals surface area contributed by atoms with E-state index in [0.29, 0.717) is 11.3 Å². The molecule has 3 aromatic rings. The lowest BCUT2D eigenvalue weighted by molar-refractivity contribution is 0.0547. The third-order valence-electron chi connectivity index (χ3n) is 5.65. The molecule has 2 aromatic heterocycles. The second-order valence-electron chi connectivity index (χ2n) is 9.41. The van der Waals surface area contributed by atoms with Crippen LogP contribution in [0.2, 0.25) is 5.15 Å². The van der Waals surface area contributed by atoms with E-state index < -0.39 is 11.7 Å². The molecule has 1 aromatic carbocycles. The standard InChI is InChI=1S/C24H30ClN5O3/c1-24(2,3)33-23(31)30-19-12-16(15-29-10-8-28(4)9-11-29)6-7-17(19)13-20(30)18-14-21(25)26-27-22(18)32-5/h6-7,12-14H,8-11,15H2,1-5H3. The molecule has 0 amide bonds. The summed E-state index contributed by atoms with van der Waals surface area (Å²) in [6, 6.07) is 9.78. The predicted octanol–water partition coefficient (Wildman–Crippen LogP) is 4.29. The Kier molecular flexibility index (Phi) is 6.61. The zero-order valence-corrected chi connectivity index (χ0v) is 20.5. The molecule has 0 aliphatic carbocycles. The zero-order chi connectivity index (χ0) is 23.8. The van der Waals surface area contributed by atoms with Crippen molar-refractivity contribution in [1.29, 1.82) is 0 Å². The molecule has 0 saturated carbocycles. The monoisotopic (exact) mass is 471 g/mol. The second kappa shape index (κ2) is 9.29. The van der Waals surface area contributed by atoms with E-state index in [1.54, 1.807) is 10.6 Å². The molecule has 4 rings (SSSR count). The highest BCUT2D eigenvalue weighted by Gasteiger charge is 2.25. The number of rotatable bonds is 4. The summed E-state index contributed by atoms with van der Waals surface area (Å²) in [5.41, 5.74) is 2.41. The van der Waals surface area contributed by atoms with Crippen LogP contribution in [-0.2, 0) is 11.3 Å². The lowest BCUT2D eigenvalue weighted by atomic mass is 10.1. The Morgan fingerprint density at radius 3 is 2.48 bits per heavy atom. The maximum absolute atomic E-state index is 13.4. The molecule has 0 N–H and O–H groups in total. The SMILES string of the molecule is COc1nnc(Cl)cc1-c1cc2ccc(CN3CCN(C)CC3)cc2n1C(=O)OC(C)(C)C. The summed E-state index contributed by atoms with van der Waals surface area (Å²) in [5, 5.41) is 9.02. The van der Waals surface area contributed by atoms with Crippen LogP contribution in [0.25, 0.3) is 22.2 Å². The van der Waals surface area contributed by atoms with Gasteiger partial charge in [0.05, 0.1) is 23.9 Å². The Hall–Kier alpha value is -2.68. The summed E-state index contributed by atoms with van der Waals surface area (Å²) >= 11 is 6.14. The normalized spacial score (nSPS) is 15.7. The van der Waals surface area contributed by atoms with Crippen LogP contribution >= 0.6 is 11.6 Å². The Morgan fingerprint density at radius 2 is 1.82 bits per heavy atom. The topological polar surface area (TPSA) is 72.7 Å². The molecule has 0 bridgehead atoms. The van der Waals surface area contributed by atoms with Gasteiger partial charge in [0.2, 0.25) is 5.88 Å². The lowest BCUT2D eigenvalue weighted by Crippen LogP contribution is -2.43. The summed E-state index contributed by atoms with van der Waals surface area (Å²) in [4.78, 5) is 18.1. The fourth-order valence-electron chi connectivity index (χ4n) is 4.00. The van der Waals surface area contributed by atoms with Crippen molar-refractivity contribution >= 4 is 28.6 Å². The third kappa shape index (κ3) is 5.29. The van der Waals surface area contributed by atoms with Gasteiger partial charge in [-0.2, -0.15) is 0 Å². The fourth-order valence-corrected chi connectivity index (χ4v) is 4.15. The van der Waals surface area contributed by atoms with Crippen LogP contribution in [-0.4, -0.2) is 76.6 Å². The van der Waals surface area contributed by atoms with Gasteiger partial charge in [0.15, 0.2) is 5.15 Å². The molecule has 1 aliphatic rings. The molecule has 1 fully saturated rings. The van der Waals surface area contributed by atoms with E-state index in [-0.39, 0.29) is 11.0 Å². The molecule has 176 valence electrons. The summed E-state index contributed by atoms with van der Waals surface area (Å²) in [5.74, 6) is 0.282. The van der Waals surface area contributed by atoms with E-state index in [0.717, 1.165) is 49.2 Å². The van der Waals surface area contributed by atoms with Gasteiger partial charge >= 0.3 is 6.09 Å². The number of hydrogen-bond donors (Lipinski definition) is 0. The summed E-state index contributed by atoms with van der Waals surface area (Å²) < 4.78 is 12.7. The molecule has 1 aliphatic heterocycles. The molecule has 0 atom stereocenters. The lowest BCUT2D eigenvalue weighted by Gasteiger charge is -2.32. The van der Waals surface area contributed by atoms with Gasteiger partial charge in [-0.05, 0) is 51.6 Å². The molecular formula is C24H30ClN5O3. The van der Waals surface area contributed by atoms with E-state index in [9.17, 15) is 4.79 Å². The van der Waals surface area contributed by atoms with Gasteiger partial charge in [-0.3, -0.25) is 4.90 Å². The van der Waals surface area contributed by atoms with E-state index in [4.69, 9.17) is 21.1 Å². The second-order valence-corrected chi connectivity index (χ2v) is 9.80. The van der Waals surface area contributed by atoms with Crippen LogP contribution in [0.1, 0.15) is 26.3 Å². The number of fused-ring (bicyclic) bond motifs is 1. The van der Waals surface area contributed by atoms with Crippen molar-refractivity contribution in [2.75, 3.05) is 40.3 Å². The highest BCUT2D eigenvalue weighted by molar-refractivity contribution is 6.29. The van der Waals surface area contributed by atoms with Crippen LogP contribution in [0.15, 0.2) is 30.3 Å². The van der Waals surface area contributed by atoms with Gasteiger partial charge in [0.1, 0.15) is 5.60 Å². The highest BCUT2D eigenvalue weighted by atomic mass is 35.5. The molecule has 0 unspecified atom stereocenters. The van der Waals surface area contributed by atoms with Crippen LogP contribution in [0.3, 0.4) is 0 Å². The summed E-state index contributed by atoms with van der Waals surface area (Å²) in [6.45, 7) is 10.5. The van der Waals surface area contributed by atoms with Crippen LogP contribution in [0.4, 0.5) is 4.79 Å². The van der Waals surface area contributed by atoms with Crippen molar-refractivity contribution in [2.24, 2.45) is 0 Å². The quantitative estimate of drug-likeness (QED) is 0.562. The van der Waals surface area contributed by atoms with Crippen molar-refractivity contribution in [3.63, 3.8) is 0 Å². The molecule has 0 spiro atoms. The average molecular weight is 472 g/mol. The first-order valence-corrected chi connectivity index (χ1v) is 11.4. The van der Waals surface area contributed by atoms with E-state index >= 15 is 0 Å². The number of likely N-dealkylation sites (N-methyl/N-ethyl adjacent to an activating group) is 1. The maximum Gasteiger partial charge on any atom is 0.419 e. The Morgan fingerprint density at radius 1 is 1.09 bits per heavy atom. The van der Waals surface area contributed by atoms with Crippen molar-refractivity contribution in [3.05, 3.63) is 41.0 Å². The molecule has 9 heteroatoms. The number of halogens is 1. The van der Waals surface area contributed by atoms with Crippen molar-refractivity contribution in [3.8, 4) is 17.1 Å². The van der Waals surface area contributed by atoms with E-state index in [1.807, 2.05) is 32.9 Å². The largest absolute Gasteiger partial charge is 0.479 e. The maximum atomic E-state index is 13.4. The Bertz CT molecular complexity index is 1160. The Balaban J connectivity index is 1.81. The minimum atomic E-state index is -0.652. The zero-order valence-electron chi connectivity index (χ0n) is 19.8. The number of ether oxygens (including phenoxy) is 2.